The van der Waals surface area contributed by atoms with Crippen LogP contribution in [-0.2, 0) is 17.1 Å². The van der Waals surface area contributed by atoms with Gasteiger partial charge in [0.1, 0.15) is 0 Å². The highest BCUT2D eigenvalue weighted by Crippen LogP contribution is 2.26. The molecule has 1 aliphatic carbocycles. The predicted octanol–water partition coefficient (Wildman–Crippen LogP) is 0.340. The lowest BCUT2D eigenvalue weighted by Gasteiger charge is -2.19. The predicted molar refractivity (Wildman–Crippen MR) is 74.2 cm³/mol. The maximum Gasteiger partial charge on any atom is 0.260 e. The van der Waals surface area contributed by atoms with Crippen molar-refractivity contribution in [1.29, 1.82) is 0 Å². The zero-order valence-electron chi connectivity index (χ0n) is 11.0. The molecule has 2 rings (SSSR count). The van der Waals surface area contributed by atoms with Crippen molar-refractivity contribution in [3.05, 3.63) is 4.60 Å². The van der Waals surface area contributed by atoms with Gasteiger partial charge in [0, 0.05) is 26.2 Å². The standard InChI is InChI=1S/C10H18BrN5O2S/c1-3-16(8-4-5-8)7-6-12-19(17,18)10-9(11)13-14-15(10)2/h8,12H,3-7H2,1-2H3. The van der Waals surface area contributed by atoms with E-state index in [0.29, 0.717) is 12.6 Å². The van der Waals surface area contributed by atoms with Crippen molar-refractivity contribution in [1.82, 2.24) is 24.6 Å². The first kappa shape index (κ1) is 14.9. The number of aryl methyl sites for hydroxylation is 1. The van der Waals surface area contributed by atoms with Crippen LogP contribution in [0.1, 0.15) is 19.8 Å². The van der Waals surface area contributed by atoms with Crippen LogP contribution < -0.4 is 4.72 Å². The minimum Gasteiger partial charge on any atom is -0.299 e. The Morgan fingerprint density at radius 2 is 2.21 bits per heavy atom. The third-order valence-corrected chi connectivity index (χ3v) is 5.50. The fraction of sp³-hybridized carbons (Fsp3) is 0.800. The number of halogens is 1. The summed E-state index contributed by atoms with van der Waals surface area (Å²) in [6, 6.07) is 0.639. The number of sulfonamides is 1. The molecule has 0 unspecified atom stereocenters. The van der Waals surface area contributed by atoms with Gasteiger partial charge in [-0.05, 0) is 35.3 Å². The van der Waals surface area contributed by atoms with Gasteiger partial charge in [-0.15, -0.1) is 5.10 Å². The molecule has 9 heteroatoms. The van der Waals surface area contributed by atoms with Crippen molar-refractivity contribution in [3.63, 3.8) is 0 Å². The van der Waals surface area contributed by atoms with E-state index in [2.05, 4.69) is 42.8 Å². The van der Waals surface area contributed by atoms with Gasteiger partial charge in [-0.1, -0.05) is 12.1 Å². The SMILES string of the molecule is CCN(CCNS(=O)(=O)c1c(Br)nnn1C)C1CC1. The molecule has 1 aromatic rings. The zero-order chi connectivity index (χ0) is 14.0. The van der Waals surface area contributed by atoms with E-state index in [-0.39, 0.29) is 9.63 Å². The fourth-order valence-electron chi connectivity index (χ4n) is 2.04. The van der Waals surface area contributed by atoms with Crippen LogP contribution in [-0.4, -0.2) is 54.0 Å². The number of rotatable bonds is 7. The zero-order valence-corrected chi connectivity index (χ0v) is 13.4. The summed E-state index contributed by atoms with van der Waals surface area (Å²) in [5, 5.41) is 7.41. The summed E-state index contributed by atoms with van der Waals surface area (Å²) in [6.45, 7) is 4.16. The lowest BCUT2D eigenvalue weighted by atomic mass is 10.4. The second-order valence-electron chi connectivity index (χ2n) is 4.57. The van der Waals surface area contributed by atoms with Crippen LogP contribution in [0.4, 0.5) is 0 Å². The van der Waals surface area contributed by atoms with Crippen molar-refractivity contribution >= 4 is 26.0 Å². The topological polar surface area (TPSA) is 80.1 Å². The minimum absolute atomic E-state index is 0.0574. The van der Waals surface area contributed by atoms with E-state index in [0.717, 1.165) is 13.1 Å². The van der Waals surface area contributed by atoms with Gasteiger partial charge in [0.2, 0.25) is 5.03 Å². The first-order valence-corrected chi connectivity index (χ1v) is 8.52. The van der Waals surface area contributed by atoms with Crippen molar-refractivity contribution in [2.24, 2.45) is 7.05 Å². The van der Waals surface area contributed by atoms with Crippen LogP contribution in [0.3, 0.4) is 0 Å². The Bertz CT molecular complexity index is 521. The quantitative estimate of drug-likeness (QED) is 0.766. The van der Waals surface area contributed by atoms with Gasteiger partial charge in [-0.3, -0.25) is 4.90 Å². The Morgan fingerprint density at radius 3 is 2.68 bits per heavy atom. The monoisotopic (exact) mass is 351 g/mol. The summed E-state index contributed by atoms with van der Waals surface area (Å²) >= 11 is 3.10. The first-order chi connectivity index (χ1) is 8.95. The molecule has 0 aliphatic heterocycles. The second kappa shape index (κ2) is 5.86. The molecule has 7 nitrogen and oxygen atoms in total. The molecule has 1 N–H and O–H groups in total. The fourth-order valence-corrected chi connectivity index (χ4v) is 4.15. The summed E-state index contributed by atoms with van der Waals surface area (Å²) in [4.78, 5) is 2.29. The van der Waals surface area contributed by atoms with Crippen LogP contribution in [0.5, 0.6) is 0 Å². The van der Waals surface area contributed by atoms with Crippen molar-refractivity contribution in [2.45, 2.75) is 30.8 Å². The van der Waals surface area contributed by atoms with Crippen molar-refractivity contribution in [2.75, 3.05) is 19.6 Å². The molecule has 0 spiro atoms. The molecular formula is C10H18BrN5O2S. The van der Waals surface area contributed by atoms with E-state index in [1.165, 1.54) is 17.5 Å². The lowest BCUT2D eigenvalue weighted by molar-refractivity contribution is 0.282. The van der Waals surface area contributed by atoms with Crippen LogP contribution in [0.2, 0.25) is 0 Å². The molecule has 1 aromatic heterocycles. The average Bonchev–Trinajstić information content (AvgIpc) is 3.11. The largest absolute Gasteiger partial charge is 0.299 e. The smallest absolute Gasteiger partial charge is 0.260 e. The molecule has 1 saturated carbocycles. The summed E-state index contributed by atoms with van der Waals surface area (Å²) in [6.07, 6.45) is 2.44. The number of nitrogens with zero attached hydrogens (tertiary/aromatic N) is 4. The normalized spacial score (nSPS) is 16.2. The van der Waals surface area contributed by atoms with Crippen LogP contribution in [0.15, 0.2) is 9.63 Å². The number of aromatic nitrogens is 3. The van der Waals surface area contributed by atoms with E-state index < -0.39 is 10.0 Å². The van der Waals surface area contributed by atoms with Gasteiger partial charge in [-0.25, -0.2) is 17.8 Å². The molecule has 0 radical (unpaired) electrons. The third kappa shape index (κ3) is 3.53. The summed E-state index contributed by atoms with van der Waals surface area (Å²) in [5.41, 5.74) is 0. The number of likely N-dealkylation sites (N-methyl/N-ethyl adjacent to an activating group) is 1. The summed E-state index contributed by atoms with van der Waals surface area (Å²) < 4.78 is 28.3. The molecule has 0 bridgehead atoms. The van der Waals surface area contributed by atoms with Gasteiger partial charge in [0.15, 0.2) is 4.60 Å². The highest BCUT2D eigenvalue weighted by molar-refractivity contribution is 9.10. The van der Waals surface area contributed by atoms with Crippen LogP contribution in [0, 0.1) is 0 Å². The molecule has 1 fully saturated rings. The minimum atomic E-state index is -3.57. The highest BCUT2D eigenvalue weighted by atomic mass is 79.9. The number of nitrogens with one attached hydrogen (secondary N) is 1. The Morgan fingerprint density at radius 1 is 1.53 bits per heavy atom. The van der Waals surface area contributed by atoms with Crippen molar-refractivity contribution in [3.8, 4) is 0 Å². The molecule has 1 aliphatic rings. The number of hydrogen-bond donors (Lipinski definition) is 1. The van der Waals surface area contributed by atoms with Crippen LogP contribution in [0.25, 0.3) is 0 Å². The number of hydrogen-bond acceptors (Lipinski definition) is 5. The van der Waals surface area contributed by atoms with E-state index in [9.17, 15) is 8.42 Å². The highest BCUT2D eigenvalue weighted by Gasteiger charge is 2.28. The van der Waals surface area contributed by atoms with Crippen molar-refractivity contribution < 1.29 is 8.42 Å². The Hall–Kier alpha value is -0.510. The van der Waals surface area contributed by atoms with Gasteiger partial charge in [0.25, 0.3) is 10.0 Å². The Kier molecular flexibility index (Phi) is 4.59. The van der Waals surface area contributed by atoms with E-state index in [1.807, 2.05) is 0 Å². The summed E-state index contributed by atoms with van der Waals surface area (Å²) in [7, 11) is -2.02. The Labute approximate surface area is 121 Å². The molecule has 1 heterocycles. The Balaban J connectivity index is 1.94. The molecule has 19 heavy (non-hydrogen) atoms. The maximum atomic E-state index is 12.1. The first-order valence-electron chi connectivity index (χ1n) is 6.24. The molecule has 108 valence electrons. The van der Waals surface area contributed by atoms with Gasteiger partial charge >= 0.3 is 0 Å². The second-order valence-corrected chi connectivity index (χ2v) is 7.00. The molecule has 0 amide bonds. The van der Waals surface area contributed by atoms with Gasteiger partial charge in [-0.2, -0.15) is 0 Å². The lowest BCUT2D eigenvalue weighted by Crippen LogP contribution is -2.36. The van der Waals surface area contributed by atoms with Crippen LogP contribution >= 0.6 is 15.9 Å². The average molecular weight is 352 g/mol. The van der Waals surface area contributed by atoms with E-state index >= 15 is 0 Å². The molecule has 0 saturated heterocycles. The van der Waals surface area contributed by atoms with E-state index in [4.69, 9.17) is 0 Å². The van der Waals surface area contributed by atoms with Gasteiger partial charge in [0.05, 0.1) is 0 Å². The van der Waals surface area contributed by atoms with Gasteiger partial charge < -0.3 is 0 Å². The molecular weight excluding hydrogens is 334 g/mol. The third-order valence-electron chi connectivity index (χ3n) is 3.15. The summed E-state index contributed by atoms with van der Waals surface area (Å²) in [5.74, 6) is 0. The maximum absolute atomic E-state index is 12.1. The molecule has 0 atom stereocenters. The molecule has 0 aromatic carbocycles. The van der Waals surface area contributed by atoms with E-state index in [1.54, 1.807) is 7.05 Å².